The lowest BCUT2D eigenvalue weighted by molar-refractivity contribution is -0.438. The number of hydrogen-bond acceptors (Lipinski definition) is 6. The van der Waals surface area contributed by atoms with E-state index in [2.05, 4.69) is 38.0 Å². The van der Waals surface area contributed by atoms with Crippen LogP contribution in [0.5, 0.6) is 5.75 Å². The third kappa shape index (κ3) is 5.85. The van der Waals surface area contributed by atoms with Crippen LogP contribution < -0.4 is 4.74 Å². The molecule has 2 aromatic carbocycles. The van der Waals surface area contributed by atoms with Crippen molar-refractivity contribution in [3.05, 3.63) is 83.5 Å². The second kappa shape index (κ2) is 11.9. The van der Waals surface area contributed by atoms with E-state index in [1.807, 2.05) is 36.4 Å². The van der Waals surface area contributed by atoms with Gasteiger partial charge in [0.25, 0.3) is 0 Å². The summed E-state index contributed by atoms with van der Waals surface area (Å²) in [5, 5.41) is 10.7. The lowest BCUT2D eigenvalue weighted by Crippen LogP contribution is -2.43. The van der Waals surface area contributed by atoms with Gasteiger partial charge >= 0.3 is 5.97 Å². The molecule has 0 bridgehead atoms. The first kappa shape index (κ1) is 31.9. The highest BCUT2D eigenvalue weighted by Crippen LogP contribution is 2.61. The zero-order chi connectivity index (χ0) is 32.1. The Balaban J connectivity index is 1.19. The Labute approximate surface area is 267 Å². The number of carbonyl (C=O) groups excluding carboxylic acids is 1. The highest BCUT2D eigenvalue weighted by molar-refractivity contribution is 7.85. The number of rotatable bonds is 9. The molecule has 3 unspecified atom stereocenters. The molecule has 45 heavy (non-hydrogen) atoms. The third-order valence-electron chi connectivity index (χ3n) is 11.4. The Morgan fingerprint density at radius 3 is 2.67 bits per heavy atom. The minimum Gasteiger partial charge on any atom is -0.748 e. The second-order valence-corrected chi connectivity index (χ2v) is 15.8. The van der Waals surface area contributed by atoms with Gasteiger partial charge in [0.05, 0.1) is 27.2 Å². The molecule has 6 rings (SSSR count). The number of fused-ring (bicyclic) bond motifs is 6. The normalized spacial score (nSPS) is 28.4. The standard InChI is InChI=1S/C37H45NO6S/c1-5-6-9-33-36(2,3)31-23-25(11-16-32(31)38(33)20-7-8-21-45(41,42)43)35(40)44-26-12-14-27-24(22-26)10-13-29-28(27)18-19-37(4)30(29)15-17-34(37)39/h5-6,9,11-12,14,16,22-23,28-30,34,39H,1,7-8,10,13,15,17-21H2,2-4H3/b9-6+/t28?,29?,30?,34-,37-/m0/s1. The monoisotopic (exact) mass is 631 g/mol. The quantitative estimate of drug-likeness (QED) is 0.0839. The number of aliphatic hydroxyl groups excluding tert-OH is 1. The SMILES string of the molecule is C=C/C=C/C1=[N+](CCCCS(=O)(=O)[O-])c2ccc(C(=O)Oc3ccc4c(c3)CCC3C4CC[C@@]4(C)C3CC[C@@H]4O)cc2C1(C)C. The van der Waals surface area contributed by atoms with Crippen molar-refractivity contribution in [3.8, 4) is 5.75 Å². The van der Waals surface area contributed by atoms with Gasteiger partial charge in [-0.3, -0.25) is 0 Å². The predicted octanol–water partition coefficient (Wildman–Crippen LogP) is 6.57. The van der Waals surface area contributed by atoms with Crippen molar-refractivity contribution in [1.82, 2.24) is 0 Å². The van der Waals surface area contributed by atoms with Gasteiger partial charge in [-0.15, -0.1) is 0 Å². The van der Waals surface area contributed by atoms with E-state index in [-0.39, 0.29) is 23.7 Å². The van der Waals surface area contributed by atoms with Crippen LogP contribution in [0, 0.1) is 17.3 Å². The van der Waals surface area contributed by atoms with Gasteiger partial charge in [-0.1, -0.05) is 31.7 Å². The van der Waals surface area contributed by atoms with Crippen LogP contribution in [-0.4, -0.2) is 52.7 Å². The third-order valence-corrected chi connectivity index (χ3v) is 12.2. The number of ether oxygens (including phenoxy) is 1. The smallest absolute Gasteiger partial charge is 0.343 e. The molecule has 0 aromatic heterocycles. The molecule has 8 heteroatoms. The van der Waals surface area contributed by atoms with Crippen LogP contribution >= 0.6 is 0 Å². The maximum absolute atomic E-state index is 13.5. The molecule has 0 saturated heterocycles. The van der Waals surface area contributed by atoms with Crippen LogP contribution in [0.4, 0.5) is 5.69 Å². The Bertz CT molecular complexity index is 1690. The van der Waals surface area contributed by atoms with Crippen molar-refractivity contribution < 1.29 is 32.2 Å². The lowest BCUT2D eigenvalue weighted by Gasteiger charge is -2.50. The fraction of sp³-hybridized carbons (Fsp3) is 0.514. The second-order valence-electron chi connectivity index (χ2n) is 14.3. The van der Waals surface area contributed by atoms with Crippen LogP contribution in [0.1, 0.15) is 98.7 Å². The number of aliphatic hydroxyl groups is 1. The van der Waals surface area contributed by atoms with E-state index >= 15 is 0 Å². The molecule has 4 aliphatic rings. The van der Waals surface area contributed by atoms with E-state index in [0.717, 1.165) is 55.5 Å². The lowest BCUT2D eigenvalue weighted by atomic mass is 9.55. The van der Waals surface area contributed by atoms with Gasteiger partial charge in [0.15, 0.2) is 5.71 Å². The molecule has 1 N–H and O–H groups in total. The van der Waals surface area contributed by atoms with Gasteiger partial charge in [-0.05, 0) is 117 Å². The van der Waals surface area contributed by atoms with E-state index < -0.39 is 21.5 Å². The summed E-state index contributed by atoms with van der Waals surface area (Å²) >= 11 is 0. The summed E-state index contributed by atoms with van der Waals surface area (Å²) in [6.45, 7) is 10.8. The molecule has 2 aromatic rings. The van der Waals surface area contributed by atoms with Crippen molar-refractivity contribution >= 4 is 27.5 Å². The molecule has 0 radical (unpaired) electrons. The van der Waals surface area contributed by atoms with E-state index in [9.17, 15) is 22.9 Å². The minimum absolute atomic E-state index is 0.0525. The Morgan fingerprint density at radius 1 is 1.11 bits per heavy atom. The summed E-state index contributed by atoms with van der Waals surface area (Å²) < 4.78 is 41.4. The molecule has 0 spiro atoms. The van der Waals surface area contributed by atoms with Crippen LogP contribution in [0.15, 0.2) is 61.2 Å². The summed E-state index contributed by atoms with van der Waals surface area (Å²) in [4.78, 5) is 13.5. The van der Waals surface area contributed by atoms with Gasteiger partial charge < -0.3 is 14.4 Å². The van der Waals surface area contributed by atoms with Gasteiger partial charge in [0.2, 0.25) is 5.69 Å². The van der Waals surface area contributed by atoms with Crippen molar-refractivity contribution in [1.29, 1.82) is 0 Å². The van der Waals surface area contributed by atoms with Crippen molar-refractivity contribution in [2.24, 2.45) is 17.3 Å². The number of carbonyl (C=O) groups is 1. The number of unbranched alkanes of at least 4 members (excludes halogenated alkanes) is 1. The molecule has 3 aliphatic carbocycles. The number of nitrogens with zero attached hydrogens (tertiary/aromatic N) is 1. The average molecular weight is 632 g/mol. The molecular formula is C37H45NO6S. The van der Waals surface area contributed by atoms with Crippen LogP contribution in [0.25, 0.3) is 0 Å². The maximum Gasteiger partial charge on any atom is 0.343 e. The summed E-state index contributed by atoms with van der Waals surface area (Å²) in [7, 11) is -4.25. The summed E-state index contributed by atoms with van der Waals surface area (Å²) in [6, 6.07) is 11.8. The largest absolute Gasteiger partial charge is 0.748 e. The van der Waals surface area contributed by atoms with Gasteiger partial charge in [-0.2, -0.15) is 4.58 Å². The molecule has 1 aliphatic heterocycles. The Kier molecular flexibility index (Phi) is 8.46. The molecule has 240 valence electrons. The van der Waals surface area contributed by atoms with Crippen LogP contribution in [-0.2, 0) is 22.0 Å². The summed E-state index contributed by atoms with van der Waals surface area (Å²) in [5.41, 5.74) is 5.69. The molecular weight excluding hydrogens is 586 g/mol. The highest BCUT2D eigenvalue weighted by Gasteiger charge is 2.54. The van der Waals surface area contributed by atoms with Crippen LogP contribution in [0.3, 0.4) is 0 Å². The van der Waals surface area contributed by atoms with E-state index in [1.54, 1.807) is 12.1 Å². The summed E-state index contributed by atoms with van der Waals surface area (Å²) in [6.07, 6.45) is 12.5. The highest BCUT2D eigenvalue weighted by atomic mass is 32.2. The number of aryl methyl sites for hydroxylation is 1. The van der Waals surface area contributed by atoms with Crippen molar-refractivity contribution in [2.75, 3.05) is 12.3 Å². The number of esters is 1. The zero-order valence-corrected chi connectivity index (χ0v) is 27.4. The molecule has 0 amide bonds. The van der Waals surface area contributed by atoms with E-state index in [0.29, 0.717) is 42.0 Å². The topological polar surface area (TPSA) is 107 Å². The van der Waals surface area contributed by atoms with E-state index in [4.69, 9.17) is 4.74 Å². The minimum atomic E-state index is -4.25. The Hall–Kier alpha value is -3.07. The first-order valence-electron chi connectivity index (χ1n) is 16.4. The Morgan fingerprint density at radius 2 is 1.91 bits per heavy atom. The molecule has 5 atom stereocenters. The summed E-state index contributed by atoms with van der Waals surface area (Å²) in [5.74, 6) is 1.47. The molecule has 2 fully saturated rings. The van der Waals surface area contributed by atoms with Gasteiger partial charge in [0.1, 0.15) is 12.3 Å². The number of benzene rings is 2. The molecule has 2 saturated carbocycles. The fourth-order valence-electron chi connectivity index (χ4n) is 9.01. The van der Waals surface area contributed by atoms with Crippen molar-refractivity contribution in [2.45, 2.75) is 89.6 Å². The average Bonchev–Trinajstić information content (AvgIpc) is 3.41. The van der Waals surface area contributed by atoms with Gasteiger partial charge in [-0.25, -0.2) is 13.2 Å². The molecule has 7 nitrogen and oxygen atoms in total. The van der Waals surface area contributed by atoms with Gasteiger partial charge in [0, 0.05) is 29.9 Å². The van der Waals surface area contributed by atoms with Crippen LogP contribution in [0.2, 0.25) is 0 Å². The predicted molar refractivity (Wildman–Crippen MR) is 174 cm³/mol. The van der Waals surface area contributed by atoms with Crippen molar-refractivity contribution in [3.63, 3.8) is 0 Å². The molecule has 1 heterocycles. The first-order valence-corrected chi connectivity index (χ1v) is 18.0. The van der Waals surface area contributed by atoms with E-state index in [1.165, 1.54) is 11.1 Å². The maximum atomic E-state index is 13.5. The first-order chi connectivity index (χ1) is 21.3. The number of allylic oxidation sites excluding steroid dienone is 3. The zero-order valence-electron chi connectivity index (χ0n) is 26.6. The number of hydrogen-bond donors (Lipinski definition) is 1. The fourth-order valence-corrected chi connectivity index (χ4v) is 9.57.